The van der Waals surface area contributed by atoms with Crippen molar-refractivity contribution in [1.29, 1.82) is 0 Å². The lowest BCUT2D eigenvalue weighted by atomic mass is 10.1. The highest BCUT2D eigenvalue weighted by Crippen LogP contribution is 2.21. The molecule has 2 aromatic rings. The van der Waals surface area contributed by atoms with Crippen LogP contribution in [0.25, 0.3) is 0 Å². The zero-order valence-electron chi connectivity index (χ0n) is 9.64. The summed E-state index contributed by atoms with van der Waals surface area (Å²) in [6.45, 7) is 1.86. The summed E-state index contributed by atoms with van der Waals surface area (Å²) >= 11 is 0. The van der Waals surface area contributed by atoms with Gasteiger partial charge in [0.05, 0.1) is 11.3 Å². The van der Waals surface area contributed by atoms with Crippen molar-refractivity contribution in [3.05, 3.63) is 41.6 Å². The number of aromatic nitrogens is 2. The van der Waals surface area contributed by atoms with Crippen molar-refractivity contribution in [2.24, 2.45) is 7.05 Å². The minimum absolute atomic E-state index is 0.246. The summed E-state index contributed by atoms with van der Waals surface area (Å²) in [7, 11) is 1.80. The van der Waals surface area contributed by atoms with Gasteiger partial charge in [0, 0.05) is 19.3 Å². The molecule has 0 aliphatic carbocycles. The van der Waals surface area contributed by atoms with Crippen LogP contribution < -0.4 is 5.32 Å². The van der Waals surface area contributed by atoms with Crippen molar-refractivity contribution in [3.63, 3.8) is 0 Å². The van der Waals surface area contributed by atoms with Gasteiger partial charge in [-0.05, 0) is 19.1 Å². The van der Waals surface area contributed by atoms with Crippen LogP contribution in [-0.2, 0) is 7.05 Å². The molecule has 0 aliphatic heterocycles. The molecule has 0 amide bonds. The molecular formula is C12H13N3O2. The highest BCUT2D eigenvalue weighted by Gasteiger charge is 2.10. The SMILES string of the molecule is Cc1ccc(Nc2ccn(C)n2)c(C(=O)O)c1. The zero-order valence-corrected chi connectivity index (χ0v) is 9.64. The number of rotatable bonds is 3. The van der Waals surface area contributed by atoms with E-state index in [9.17, 15) is 4.79 Å². The highest BCUT2D eigenvalue weighted by molar-refractivity contribution is 5.95. The summed E-state index contributed by atoms with van der Waals surface area (Å²) in [5, 5.41) is 16.2. The van der Waals surface area contributed by atoms with Crippen molar-refractivity contribution in [3.8, 4) is 0 Å². The number of aryl methyl sites for hydroxylation is 2. The molecule has 0 aliphatic rings. The zero-order chi connectivity index (χ0) is 12.4. The molecule has 1 heterocycles. The van der Waals surface area contributed by atoms with Crippen LogP contribution in [-0.4, -0.2) is 20.9 Å². The second-order valence-corrected chi connectivity index (χ2v) is 3.85. The van der Waals surface area contributed by atoms with Gasteiger partial charge in [-0.1, -0.05) is 11.6 Å². The van der Waals surface area contributed by atoms with E-state index >= 15 is 0 Å². The van der Waals surface area contributed by atoms with Crippen molar-refractivity contribution < 1.29 is 9.90 Å². The fourth-order valence-corrected chi connectivity index (χ4v) is 1.56. The minimum Gasteiger partial charge on any atom is -0.478 e. The highest BCUT2D eigenvalue weighted by atomic mass is 16.4. The average Bonchev–Trinajstić information content (AvgIpc) is 2.66. The number of benzene rings is 1. The molecule has 2 N–H and O–H groups in total. The van der Waals surface area contributed by atoms with Crippen LogP contribution in [0, 0.1) is 6.92 Å². The van der Waals surface area contributed by atoms with E-state index in [4.69, 9.17) is 5.11 Å². The summed E-state index contributed by atoms with van der Waals surface area (Å²) < 4.78 is 1.65. The first-order chi connectivity index (χ1) is 8.06. The van der Waals surface area contributed by atoms with Gasteiger partial charge in [0.25, 0.3) is 0 Å². The minimum atomic E-state index is -0.952. The topological polar surface area (TPSA) is 67.2 Å². The molecule has 0 saturated carbocycles. The van der Waals surface area contributed by atoms with Crippen molar-refractivity contribution in [1.82, 2.24) is 9.78 Å². The lowest BCUT2D eigenvalue weighted by Crippen LogP contribution is -2.03. The summed E-state index contributed by atoms with van der Waals surface area (Å²) in [4.78, 5) is 11.1. The molecular weight excluding hydrogens is 218 g/mol. The maximum absolute atomic E-state index is 11.1. The predicted octanol–water partition coefficient (Wildman–Crippen LogP) is 2.17. The van der Waals surface area contributed by atoms with E-state index in [1.807, 2.05) is 13.0 Å². The number of hydrogen-bond acceptors (Lipinski definition) is 3. The first-order valence-corrected chi connectivity index (χ1v) is 5.17. The summed E-state index contributed by atoms with van der Waals surface area (Å²) in [6.07, 6.45) is 1.79. The number of hydrogen-bond donors (Lipinski definition) is 2. The van der Waals surface area contributed by atoms with E-state index < -0.39 is 5.97 Å². The molecule has 17 heavy (non-hydrogen) atoms. The van der Waals surface area contributed by atoms with Gasteiger partial charge in [-0.15, -0.1) is 0 Å². The predicted molar refractivity (Wildman–Crippen MR) is 64.6 cm³/mol. The largest absolute Gasteiger partial charge is 0.478 e. The van der Waals surface area contributed by atoms with Crippen LogP contribution in [0.1, 0.15) is 15.9 Å². The van der Waals surface area contributed by atoms with Crippen LogP contribution in [0.3, 0.4) is 0 Å². The van der Waals surface area contributed by atoms with Crippen molar-refractivity contribution in [2.45, 2.75) is 6.92 Å². The maximum Gasteiger partial charge on any atom is 0.337 e. The molecule has 5 nitrogen and oxygen atoms in total. The molecule has 0 atom stereocenters. The monoisotopic (exact) mass is 231 g/mol. The number of aromatic carboxylic acids is 1. The molecule has 0 bridgehead atoms. The smallest absolute Gasteiger partial charge is 0.337 e. The standard InChI is InChI=1S/C12H13N3O2/c1-8-3-4-10(9(7-8)12(16)17)13-11-5-6-15(2)14-11/h3-7H,1-2H3,(H,13,14)(H,16,17). The van der Waals surface area contributed by atoms with Gasteiger partial charge in [-0.25, -0.2) is 4.79 Å². The molecule has 0 radical (unpaired) electrons. The summed E-state index contributed by atoms with van der Waals surface area (Å²) in [5.74, 6) is -0.328. The Morgan fingerprint density at radius 1 is 1.41 bits per heavy atom. The first kappa shape index (κ1) is 11.2. The van der Waals surface area contributed by atoms with Crippen LogP contribution in [0.2, 0.25) is 0 Å². The molecule has 1 aromatic heterocycles. The Labute approximate surface area is 98.7 Å². The van der Waals surface area contributed by atoms with Crippen LogP contribution in [0.5, 0.6) is 0 Å². The van der Waals surface area contributed by atoms with Gasteiger partial charge in [0.1, 0.15) is 0 Å². The number of carboxylic acids is 1. The van der Waals surface area contributed by atoms with Gasteiger partial charge in [-0.3, -0.25) is 4.68 Å². The van der Waals surface area contributed by atoms with Gasteiger partial charge >= 0.3 is 5.97 Å². The Kier molecular flexibility index (Phi) is 2.82. The second-order valence-electron chi connectivity index (χ2n) is 3.85. The maximum atomic E-state index is 11.1. The van der Waals surface area contributed by atoms with E-state index in [1.54, 1.807) is 36.1 Å². The number of carboxylic acid groups (broad SMARTS) is 1. The molecule has 0 fully saturated rings. The molecule has 1 aromatic carbocycles. The molecule has 0 saturated heterocycles. The lowest BCUT2D eigenvalue weighted by molar-refractivity contribution is 0.0698. The van der Waals surface area contributed by atoms with Crippen LogP contribution in [0.4, 0.5) is 11.5 Å². The first-order valence-electron chi connectivity index (χ1n) is 5.17. The molecule has 88 valence electrons. The number of carbonyl (C=O) groups is 1. The third-order valence-corrected chi connectivity index (χ3v) is 2.38. The van der Waals surface area contributed by atoms with Crippen LogP contribution in [0.15, 0.2) is 30.5 Å². The number of anilines is 2. The Hall–Kier alpha value is -2.30. The fraction of sp³-hybridized carbons (Fsp3) is 0.167. The van der Waals surface area contributed by atoms with Crippen molar-refractivity contribution in [2.75, 3.05) is 5.32 Å². The normalized spacial score (nSPS) is 10.2. The summed E-state index contributed by atoms with van der Waals surface area (Å²) in [6, 6.07) is 7.02. The molecule has 0 unspecified atom stereocenters. The van der Waals surface area contributed by atoms with E-state index in [0.717, 1.165) is 5.56 Å². The van der Waals surface area contributed by atoms with Gasteiger partial charge in [0.2, 0.25) is 0 Å². The lowest BCUT2D eigenvalue weighted by Gasteiger charge is -2.07. The van der Waals surface area contributed by atoms with Gasteiger partial charge in [0.15, 0.2) is 5.82 Å². The number of nitrogens with one attached hydrogen (secondary N) is 1. The van der Waals surface area contributed by atoms with Crippen molar-refractivity contribution >= 4 is 17.5 Å². The van der Waals surface area contributed by atoms with Gasteiger partial charge < -0.3 is 10.4 Å². The molecule has 5 heteroatoms. The second kappa shape index (κ2) is 4.29. The Bertz CT molecular complexity index is 561. The van der Waals surface area contributed by atoms with Crippen LogP contribution >= 0.6 is 0 Å². The number of nitrogens with zero attached hydrogens (tertiary/aromatic N) is 2. The van der Waals surface area contributed by atoms with E-state index in [2.05, 4.69) is 10.4 Å². The molecule has 0 spiro atoms. The third-order valence-electron chi connectivity index (χ3n) is 2.38. The Morgan fingerprint density at radius 2 is 2.18 bits per heavy atom. The van der Waals surface area contributed by atoms with E-state index in [0.29, 0.717) is 11.5 Å². The molecule has 2 rings (SSSR count). The van der Waals surface area contributed by atoms with E-state index in [1.165, 1.54) is 0 Å². The quantitative estimate of drug-likeness (QED) is 0.849. The third kappa shape index (κ3) is 2.44. The summed E-state index contributed by atoms with van der Waals surface area (Å²) in [5.41, 5.74) is 1.70. The Morgan fingerprint density at radius 3 is 2.76 bits per heavy atom. The fourth-order valence-electron chi connectivity index (χ4n) is 1.56. The van der Waals surface area contributed by atoms with Gasteiger partial charge in [-0.2, -0.15) is 5.10 Å². The van der Waals surface area contributed by atoms with E-state index in [-0.39, 0.29) is 5.56 Å². The Balaban J connectivity index is 2.35. The average molecular weight is 231 g/mol.